The zero-order valence-corrected chi connectivity index (χ0v) is 12.1. The van der Waals surface area contributed by atoms with Gasteiger partial charge in [-0.25, -0.2) is 14.6 Å². The first-order chi connectivity index (χ1) is 10.1. The van der Waals surface area contributed by atoms with Crippen molar-refractivity contribution in [3.63, 3.8) is 0 Å². The van der Waals surface area contributed by atoms with Crippen molar-refractivity contribution in [3.05, 3.63) is 51.5 Å². The molecule has 0 aliphatic carbocycles. The molecule has 1 amide bonds. The van der Waals surface area contributed by atoms with Crippen LogP contribution < -0.4 is 5.32 Å². The highest BCUT2D eigenvalue weighted by atomic mass is 32.1. The highest BCUT2D eigenvalue weighted by Gasteiger charge is 2.14. The molecular formula is C14H14N2O4S. The number of aromatic carboxylic acids is 1. The monoisotopic (exact) mass is 306 g/mol. The highest BCUT2D eigenvalue weighted by molar-refractivity contribution is 7.13. The van der Waals surface area contributed by atoms with Crippen LogP contribution in [0, 0.1) is 6.92 Å². The van der Waals surface area contributed by atoms with Gasteiger partial charge in [-0.1, -0.05) is 30.3 Å². The number of alkyl carbamates (subject to hydrolysis) is 1. The average Bonchev–Trinajstić information content (AvgIpc) is 2.85. The summed E-state index contributed by atoms with van der Waals surface area (Å²) in [6.07, 6.45) is -0.566. The minimum atomic E-state index is -1.01. The van der Waals surface area contributed by atoms with Crippen LogP contribution in [0.3, 0.4) is 0 Å². The zero-order valence-electron chi connectivity index (χ0n) is 11.3. The number of nitrogens with zero attached hydrogens (tertiary/aromatic N) is 1. The molecule has 21 heavy (non-hydrogen) atoms. The third-order valence-electron chi connectivity index (χ3n) is 2.63. The summed E-state index contributed by atoms with van der Waals surface area (Å²) < 4.78 is 5.04. The molecule has 0 atom stereocenters. The van der Waals surface area contributed by atoms with E-state index in [1.165, 1.54) is 0 Å². The Morgan fingerprint density at radius 2 is 2.05 bits per heavy atom. The van der Waals surface area contributed by atoms with Crippen LogP contribution in [0.15, 0.2) is 30.3 Å². The van der Waals surface area contributed by atoms with Crippen LogP contribution in [0.2, 0.25) is 0 Å². The Morgan fingerprint density at radius 3 is 2.67 bits per heavy atom. The summed E-state index contributed by atoms with van der Waals surface area (Å²) in [6.45, 7) is 1.95. The number of hydrogen-bond donors (Lipinski definition) is 2. The fraction of sp³-hybridized carbons (Fsp3) is 0.214. The van der Waals surface area contributed by atoms with Gasteiger partial charge < -0.3 is 15.2 Å². The summed E-state index contributed by atoms with van der Waals surface area (Å²) in [5, 5.41) is 12.0. The largest absolute Gasteiger partial charge is 0.477 e. The number of hydrogen-bond acceptors (Lipinski definition) is 5. The molecule has 0 spiro atoms. The van der Waals surface area contributed by atoms with E-state index < -0.39 is 12.1 Å². The SMILES string of the molecule is Cc1nc(CNC(=O)OCc2ccccc2)sc1C(=O)O. The van der Waals surface area contributed by atoms with E-state index >= 15 is 0 Å². The van der Waals surface area contributed by atoms with Crippen molar-refractivity contribution in [3.8, 4) is 0 Å². The number of rotatable bonds is 5. The van der Waals surface area contributed by atoms with Crippen LogP contribution in [0.4, 0.5) is 4.79 Å². The van der Waals surface area contributed by atoms with Crippen molar-refractivity contribution >= 4 is 23.4 Å². The van der Waals surface area contributed by atoms with E-state index in [0.717, 1.165) is 16.9 Å². The molecule has 0 aliphatic rings. The molecular weight excluding hydrogens is 292 g/mol. The van der Waals surface area contributed by atoms with E-state index in [1.807, 2.05) is 30.3 Å². The first kappa shape index (κ1) is 15.0. The number of carboxylic acids is 1. The molecule has 2 rings (SSSR count). The predicted molar refractivity (Wildman–Crippen MR) is 77.3 cm³/mol. The molecule has 0 fully saturated rings. The lowest BCUT2D eigenvalue weighted by Gasteiger charge is -2.05. The van der Waals surface area contributed by atoms with Gasteiger partial charge in [0.2, 0.25) is 0 Å². The topological polar surface area (TPSA) is 88.5 Å². The standard InChI is InChI=1S/C14H14N2O4S/c1-9-12(13(17)18)21-11(16-9)7-15-14(19)20-8-10-5-3-2-4-6-10/h2-6H,7-8H2,1H3,(H,15,19)(H,17,18). The number of thiazole rings is 1. The molecule has 0 radical (unpaired) electrons. The second kappa shape index (κ2) is 6.85. The van der Waals surface area contributed by atoms with Gasteiger partial charge in [-0.2, -0.15) is 0 Å². The minimum Gasteiger partial charge on any atom is -0.477 e. The maximum Gasteiger partial charge on any atom is 0.407 e. The first-order valence-corrected chi connectivity index (χ1v) is 7.02. The molecule has 0 saturated heterocycles. The number of carbonyl (C=O) groups excluding carboxylic acids is 1. The Morgan fingerprint density at radius 1 is 1.33 bits per heavy atom. The maximum atomic E-state index is 11.5. The fourth-order valence-electron chi connectivity index (χ4n) is 1.65. The number of aryl methyl sites for hydroxylation is 1. The van der Waals surface area contributed by atoms with Crippen LogP contribution in [0.5, 0.6) is 0 Å². The molecule has 2 N–H and O–H groups in total. The van der Waals surface area contributed by atoms with E-state index in [9.17, 15) is 9.59 Å². The second-order valence-electron chi connectivity index (χ2n) is 4.24. The Kier molecular flexibility index (Phi) is 4.89. The van der Waals surface area contributed by atoms with Gasteiger partial charge in [0.05, 0.1) is 12.2 Å². The first-order valence-electron chi connectivity index (χ1n) is 6.20. The predicted octanol–water partition coefficient (Wildman–Crippen LogP) is 2.58. The zero-order chi connectivity index (χ0) is 15.2. The van der Waals surface area contributed by atoms with Crippen molar-refractivity contribution in [1.82, 2.24) is 10.3 Å². The molecule has 1 heterocycles. The van der Waals surface area contributed by atoms with Gasteiger partial charge in [-0.3, -0.25) is 0 Å². The van der Waals surface area contributed by atoms with Crippen LogP contribution in [0.25, 0.3) is 0 Å². The summed E-state index contributed by atoms with van der Waals surface area (Å²) in [4.78, 5) is 26.7. The second-order valence-corrected chi connectivity index (χ2v) is 5.33. The number of ether oxygens (including phenoxy) is 1. The van der Waals surface area contributed by atoms with Crippen LogP contribution in [0.1, 0.15) is 25.9 Å². The Balaban J connectivity index is 1.81. The van der Waals surface area contributed by atoms with Crippen molar-refractivity contribution in [2.24, 2.45) is 0 Å². The average molecular weight is 306 g/mol. The van der Waals surface area contributed by atoms with E-state index in [0.29, 0.717) is 10.7 Å². The lowest BCUT2D eigenvalue weighted by Crippen LogP contribution is -2.23. The number of aromatic nitrogens is 1. The molecule has 1 aromatic carbocycles. The summed E-state index contributed by atoms with van der Waals surface area (Å²) in [5.74, 6) is -1.01. The van der Waals surface area contributed by atoms with Crippen molar-refractivity contribution in [2.75, 3.05) is 0 Å². The number of carboxylic acid groups (broad SMARTS) is 1. The van der Waals surface area contributed by atoms with Crippen molar-refractivity contribution < 1.29 is 19.4 Å². The lowest BCUT2D eigenvalue weighted by molar-refractivity contribution is 0.0701. The quantitative estimate of drug-likeness (QED) is 0.886. The minimum absolute atomic E-state index is 0.145. The van der Waals surface area contributed by atoms with Gasteiger partial charge in [0.25, 0.3) is 0 Å². The van der Waals surface area contributed by atoms with E-state index in [1.54, 1.807) is 6.92 Å². The van der Waals surface area contributed by atoms with E-state index in [-0.39, 0.29) is 18.0 Å². The van der Waals surface area contributed by atoms with Crippen molar-refractivity contribution in [1.29, 1.82) is 0 Å². The molecule has 6 nitrogen and oxygen atoms in total. The Hall–Kier alpha value is -2.41. The third-order valence-corrected chi connectivity index (χ3v) is 3.78. The van der Waals surface area contributed by atoms with Crippen LogP contribution in [-0.4, -0.2) is 22.2 Å². The molecule has 1 aromatic heterocycles. The summed E-state index contributed by atoms with van der Waals surface area (Å²) in [5.41, 5.74) is 1.34. The summed E-state index contributed by atoms with van der Waals surface area (Å²) in [7, 11) is 0. The van der Waals surface area contributed by atoms with Gasteiger partial charge in [-0.15, -0.1) is 11.3 Å². The van der Waals surface area contributed by atoms with Gasteiger partial charge in [0.15, 0.2) is 0 Å². The molecule has 0 unspecified atom stereocenters. The molecule has 0 bridgehead atoms. The molecule has 0 aliphatic heterocycles. The molecule has 110 valence electrons. The number of nitrogens with one attached hydrogen (secondary N) is 1. The fourth-order valence-corrected chi connectivity index (χ4v) is 2.49. The molecule has 2 aromatic rings. The normalized spacial score (nSPS) is 10.1. The summed E-state index contributed by atoms with van der Waals surface area (Å²) >= 11 is 1.04. The molecule has 7 heteroatoms. The highest BCUT2D eigenvalue weighted by Crippen LogP contribution is 2.17. The summed E-state index contributed by atoms with van der Waals surface area (Å²) in [6, 6.07) is 9.33. The number of carbonyl (C=O) groups is 2. The smallest absolute Gasteiger partial charge is 0.407 e. The van der Waals surface area contributed by atoms with E-state index in [4.69, 9.17) is 9.84 Å². The van der Waals surface area contributed by atoms with E-state index in [2.05, 4.69) is 10.3 Å². The molecule has 0 saturated carbocycles. The number of benzene rings is 1. The van der Waals surface area contributed by atoms with Gasteiger partial charge in [-0.05, 0) is 12.5 Å². The van der Waals surface area contributed by atoms with Crippen LogP contribution in [-0.2, 0) is 17.9 Å². The van der Waals surface area contributed by atoms with Gasteiger partial charge in [0.1, 0.15) is 16.5 Å². The van der Waals surface area contributed by atoms with Gasteiger partial charge >= 0.3 is 12.1 Å². The Bertz CT molecular complexity index is 640. The number of amides is 1. The maximum absolute atomic E-state index is 11.5. The Labute approximate surface area is 125 Å². The van der Waals surface area contributed by atoms with Crippen molar-refractivity contribution in [2.45, 2.75) is 20.1 Å². The van der Waals surface area contributed by atoms with Crippen LogP contribution >= 0.6 is 11.3 Å². The lowest BCUT2D eigenvalue weighted by atomic mass is 10.2. The third kappa shape index (κ3) is 4.28. The van der Waals surface area contributed by atoms with Gasteiger partial charge in [0, 0.05) is 0 Å².